The molecule has 1 saturated heterocycles. The lowest BCUT2D eigenvalue weighted by atomic mass is 9.75. The maximum absolute atomic E-state index is 13.6. The molecule has 158 valence electrons. The van der Waals surface area contributed by atoms with E-state index in [1.54, 1.807) is 19.2 Å². The van der Waals surface area contributed by atoms with Gasteiger partial charge in [-0.2, -0.15) is 5.26 Å². The van der Waals surface area contributed by atoms with Gasteiger partial charge >= 0.3 is 0 Å². The third-order valence-corrected chi connectivity index (χ3v) is 6.55. The molecule has 1 aliphatic carbocycles. The molecule has 0 bridgehead atoms. The molecule has 0 unspecified atom stereocenters. The van der Waals surface area contributed by atoms with Crippen LogP contribution >= 0.6 is 12.2 Å². The fourth-order valence-electron chi connectivity index (χ4n) is 4.38. The molecule has 3 aromatic rings. The Kier molecular flexibility index (Phi) is 4.72. The van der Waals surface area contributed by atoms with Crippen molar-refractivity contribution in [2.45, 2.75) is 31.7 Å². The largest absolute Gasteiger partial charge is 0.303 e. The second kappa shape index (κ2) is 7.46. The third-order valence-electron chi connectivity index (χ3n) is 6.18. The van der Waals surface area contributed by atoms with Gasteiger partial charge in [-0.15, -0.1) is 0 Å². The monoisotopic (exact) mass is 443 g/mol. The van der Waals surface area contributed by atoms with Crippen LogP contribution in [-0.4, -0.2) is 26.5 Å². The fraction of sp³-hybridized carbons (Fsp3) is 0.208. The van der Waals surface area contributed by atoms with Crippen LogP contribution in [0.5, 0.6) is 0 Å². The smallest absolute Gasteiger partial charge is 0.259 e. The van der Waals surface area contributed by atoms with Gasteiger partial charge in [-0.3, -0.25) is 14.7 Å². The first-order valence-corrected chi connectivity index (χ1v) is 10.6. The third kappa shape index (κ3) is 2.97. The first-order chi connectivity index (χ1) is 15.4. The zero-order valence-corrected chi connectivity index (χ0v) is 18.1. The van der Waals surface area contributed by atoms with Crippen LogP contribution in [0.3, 0.4) is 0 Å². The second-order valence-electron chi connectivity index (χ2n) is 8.05. The molecule has 1 amide bonds. The lowest BCUT2D eigenvalue weighted by Crippen LogP contribution is -2.55. The maximum Gasteiger partial charge on any atom is 0.259 e. The van der Waals surface area contributed by atoms with Gasteiger partial charge in [0.05, 0.1) is 18.1 Å². The standard InChI is InChI=1S/C24H18FN5OS/c1-15-9-20(14-28-21(15)11-26)29-22(31)24(7-2-8-24)30(23(29)32)19-5-3-16(4-6-19)17-10-18(25)13-27-12-17/h3-6,9-10,12-14H,2,7-8H2,1H3. The zero-order valence-electron chi connectivity index (χ0n) is 17.2. The van der Waals surface area contributed by atoms with Gasteiger partial charge in [0.25, 0.3) is 5.91 Å². The van der Waals surface area contributed by atoms with Crippen LogP contribution in [-0.2, 0) is 4.79 Å². The summed E-state index contributed by atoms with van der Waals surface area (Å²) in [4.78, 5) is 25.1. The van der Waals surface area contributed by atoms with E-state index in [1.165, 1.54) is 23.4 Å². The number of anilines is 2. The minimum atomic E-state index is -0.708. The van der Waals surface area contributed by atoms with Crippen LogP contribution in [0.2, 0.25) is 0 Å². The molecular weight excluding hydrogens is 425 g/mol. The highest BCUT2D eigenvalue weighted by Crippen LogP contribution is 2.48. The molecule has 6 nitrogen and oxygen atoms in total. The second-order valence-corrected chi connectivity index (χ2v) is 8.42. The van der Waals surface area contributed by atoms with Crippen LogP contribution < -0.4 is 9.80 Å². The lowest BCUT2D eigenvalue weighted by Gasteiger charge is -2.43. The van der Waals surface area contributed by atoms with Crippen LogP contribution in [0.1, 0.15) is 30.5 Å². The number of pyridine rings is 2. The van der Waals surface area contributed by atoms with E-state index in [0.717, 1.165) is 17.7 Å². The highest BCUT2D eigenvalue weighted by Gasteiger charge is 2.59. The first kappa shape index (κ1) is 20.2. The average molecular weight is 444 g/mol. The summed E-state index contributed by atoms with van der Waals surface area (Å²) < 4.78 is 13.6. The lowest BCUT2D eigenvalue weighted by molar-refractivity contribution is -0.123. The molecule has 0 radical (unpaired) electrons. The number of aromatic nitrogens is 2. The Bertz CT molecular complexity index is 1300. The molecule has 5 rings (SSSR count). The zero-order chi connectivity index (χ0) is 22.5. The molecule has 8 heteroatoms. The number of benzene rings is 1. The molecule has 2 aromatic heterocycles. The SMILES string of the molecule is Cc1cc(N2C(=O)C3(CCC3)N(c3ccc(-c4cncc(F)c4)cc3)C2=S)cnc1C#N. The predicted octanol–water partition coefficient (Wildman–Crippen LogP) is 4.52. The Hall–Kier alpha value is -3.70. The number of carbonyl (C=O) groups is 1. The van der Waals surface area contributed by atoms with Crippen molar-refractivity contribution in [1.29, 1.82) is 5.26 Å². The Balaban J connectivity index is 1.52. The normalized spacial score (nSPS) is 16.9. The summed E-state index contributed by atoms with van der Waals surface area (Å²) in [7, 11) is 0. The molecule has 1 saturated carbocycles. The molecule has 1 spiro atoms. The number of thiocarbonyl (C=S) groups is 1. The van der Waals surface area contributed by atoms with Gasteiger partial charge < -0.3 is 4.90 Å². The topological polar surface area (TPSA) is 73.1 Å². The quantitative estimate of drug-likeness (QED) is 0.554. The van der Waals surface area contributed by atoms with Crippen molar-refractivity contribution in [3.63, 3.8) is 0 Å². The van der Waals surface area contributed by atoms with E-state index in [2.05, 4.69) is 9.97 Å². The molecule has 32 heavy (non-hydrogen) atoms. The number of rotatable bonds is 3. The van der Waals surface area contributed by atoms with Crippen molar-refractivity contribution in [1.82, 2.24) is 9.97 Å². The number of hydrogen-bond donors (Lipinski definition) is 0. The molecule has 2 fully saturated rings. The maximum atomic E-state index is 13.6. The molecular formula is C24H18FN5OS. The minimum absolute atomic E-state index is 0.0712. The van der Waals surface area contributed by atoms with Gasteiger partial charge in [0, 0.05) is 17.4 Å². The number of carbonyl (C=O) groups excluding carboxylic acids is 1. The van der Waals surface area contributed by atoms with E-state index < -0.39 is 11.4 Å². The van der Waals surface area contributed by atoms with Crippen LogP contribution in [0, 0.1) is 24.1 Å². The molecule has 3 heterocycles. The summed E-state index contributed by atoms with van der Waals surface area (Å²) in [6.07, 6.45) is 6.65. The van der Waals surface area contributed by atoms with Gasteiger partial charge in [0.2, 0.25) is 0 Å². The van der Waals surface area contributed by atoms with Crippen LogP contribution in [0.4, 0.5) is 15.8 Å². The number of hydrogen-bond acceptors (Lipinski definition) is 5. The van der Waals surface area contributed by atoms with Crippen molar-refractivity contribution in [2.75, 3.05) is 9.80 Å². The Morgan fingerprint density at radius 2 is 1.84 bits per heavy atom. The summed E-state index contributed by atoms with van der Waals surface area (Å²) >= 11 is 5.78. The minimum Gasteiger partial charge on any atom is -0.303 e. The molecule has 0 atom stereocenters. The van der Waals surface area contributed by atoms with Crippen LogP contribution in [0.25, 0.3) is 11.1 Å². The number of amides is 1. The summed E-state index contributed by atoms with van der Waals surface area (Å²) in [5.74, 6) is -0.466. The van der Waals surface area contributed by atoms with E-state index in [-0.39, 0.29) is 5.91 Å². The van der Waals surface area contributed by atoms with Gasteiger partial charge in [0.15, 0.2) is 5.11 Å². The predicted molar refractivity (Wildman–Crippen MR) is 122 cm³/mol. The number of aryl methyl sites for hydroxylation is 1. The van der Waals surface area contributed by atoms with E-state index in [9.17, 15) is 9.18 Å². The number of halogens is 1. The number of nitrogens with zero attached hydrogens (tertiary/aromatic N) is 5. The fourth-order valence-corrected chi connectivity index (χ4v) is 4.85. The van der Waals surface area contributed by atoms with Crippen molar-refractivity contribution in [2.24, 2.45) is 0 Å². The summed E-state index contributed by atoms with van der Waals surface area (Å²) in [6, 6.07) is 12.8. The van der Waals surface area contributed by atoms with Gasteiger partial charge in [-0.05, 0) is 73.8 Å². The van der Waals surface area contributed by atoms with Gasteiger partial charge in [-0.1, -0.05) is 12.1 Å². The average Bonchev–Trinajstić information content (AvgIpc) is 3.00. The van der Waals surface area contributed by atoms with Crippen molar-refractivity contribution in [3.8, 4) is 17.2 Å². The summed E-state index contributed by atoms with van der Waals surface area (Å²) in [5.41, 5.74) is 3.17. The molecule has 0 N–H and O–H groups in total. The van der Waals surface area contributed by atoms with E-state index >= 15 is 0 Å². The first-order valence-electron chi connectivity index (χ1n) is 10.2. The van der Waals surface area contributed by atoms with E-state index in [1.807, 2.05) is 35.2 Å². The van der Waals surface area contributed by atoms with Crippen molar-refractivity contribution < 1.29 is 9.18 Å². The Morgan fingerprint density at radius 1 is 1.09 bits per heavy atom. The van der Waals surface area contributed by atoms with E-state index in [0.29, 0.717) is 40.5 Å². The van der Waals surface area contributed by atoms with E-state index in [4.69, 9.17) is 17.5 Å². The van der Waals surface area contributed by atoms with Gasteiger partial charge in [0.1, 0.15) is 23.1 Å². The van der Waals surface area contributed by atoms with Crippen molar-refractivity contribution >= 4 is 34.6 Å². The Morgan fingerprint density at radius 3 is 2.44 bits per heavy atom. The van der Waals surface area contributed by atoms with Crippen LogP contribution in [0.15, 0.2) is 55.0 Å². The van der Waals surface area contributed by atoms with Crippen molar-refractivity contribution in [3.05, 3.63) is 72.1 Å². The summed E-state index contributed by atoms with van der Waals surface area (Å²) in [5, 5.41) is 9.56. The number of nitriles is 1. The summed E-state index contributed by atoms with van der Waals surface area (Å²) in [6.45, 7) is 1.79. The molecule has 1 aliphatic heterocycles. The Labute approximate surface area is 189 Å². The highest BCUT2D eigenvalue weighted by atomic mass is 32.1. The highest BCUT2D eigenvalue weighted by molar-refractivity contribution is 7.81. The molecule has 2 aliphatic rings. The molecule has 1 aromatic carbocycles. The van der Waals surface area contributed by atoms with Gasteiger partial charge in [-0.25, -0.2) is 9.37 Å².